The molecule has 0 unspecified atom stereocenters. The summed E-state index contributed by atoms with van der Waals surface area (Å²) in [6.45, 7) is 4.80. The largest absolute Gasteiger partial charge is 0.484 e. The number of nitrogens with zero attached hydrogens (tertiary/aromatic N) is 1. The molecule has 0 saturated heterocycles. The average molecular weight is 486 g/mol. The zero-order valence-corrected chi connectivity index (χ0v) is 18.3. The van der Waals surface area contributed by atoms with Gasteiger partial charge in [0.2, 0.25) is 0 Å². The molecule has 3 rings (SSSR count). The first-order valence-corrected chi connectivity index (χ1v) is 9.76. The number of rotatable bonds is 10. The molecule has 0 aromatic heterocycles. The van der Waals surface area contributed by atoms with Gasteiger partial charge in [-0.2, -0.15) is 0 Å². The Morgan fingerprint density at radius 1 is 1.15 bits per heavy atom. The van der Waals surface area contributed by atoms with Crippen LogP contribution >= 0.6 is 24.0 Å². The lowest BCUT2D eigenvalue weighted by Gasteiger charge is -2.11. The van der Waals surface area contributed by atoms with Gasteiger partial charge in [0.15, 0.2) is 12.6 Å². The van der Waals surface area contributed by atoms with Crippen molar-refractivity contribution >= 4 is 35.8 Å². The first-order chi connectivity index (χ1) is 12.7. The number of carbonyl (C=O) groups is 1. The van der Waals surface area contributed by atoms with E-state index in [1.807, 2.05) is 24.3 Å². The quantitative estimate of drug-likeness (QED) is 0.270. The van der Waals surface area contributed by atoms with Crippen molar-refractivity contribution in [1.29, 1.82) is 0 Å². The van der Waals surface area contributed by atoms with Gasteiger partial charge >= 0.3 is 0 Å². The van der Waals surface area contributed by atoms with Gasteiger partial charge in [-0.1, -0.05) is 12.1 Å². The molecule has 150 valence electrons. The predicted octanol–water partition coefficient (Wildman–Crippen LogP) is 2.47. The van der Waals surface area contributed by atoms with Gasteiger partial charge in [0.05, 0.1) is 0 Å². The summed E-state index contributed by atoms with van der Waals surface area (Å²) >= 11 is 0. The number of nitrogens with one attached hydrogen (secondary N) is 3. The lowest BCUT2D eigenvalue weighted by molar-refractivity contribution is -0.123. The van der Waals surface area contributed by atoms with Gasteiger partial charge in [0.25, 0.3) is 5.91 Å². The van der Waals surface area contributed by atoms with Crippen molar-refractivity contribution in [2.75, 3.05) is 26.2 Å². The van der Waals surface area contributed by atoms with Crippen LogP contribution in [0.4, 0.5) is 0 Å². The topological polar surface area (TPSA) is 74.8 Å². The Hall–Kier alpha value is -1.51. The molecule has 0 spiro atoms. The Bertz CT molecular complexity index is 613. The molecule has 1 aromatic rings. The van der Waals surface area contributed by atoms with Crippen LogP contribution < -0.4 is 20.7 Å². The van der Waals surface area contributed by atoms with Crippen LogP contribution in [-0.2, 0) is 11.2 Å². The molecule has 7 heteroatoms. The van der Waals surface area contributed by atoms with Gasteiger partial charge in [-0.15, -0.1) is 24.0 Å². The van der Waals surface area contributed by atoms with E-state index in [1.165, 1.54) is 18.4 Å². The molecule has 2 aliphatic carbocycles. The molecule has 3 N–H and O–H groups in total. The van der Waals surface area contributed by atoms with Crippen LogP contribution in [0.3, 0.4) is 0 Å². The Morgan fingerprint density at radius 2 is 1.89 bits per heavy atom. The van der Waals surface area contributed by atoms with Crippen molar-refractivity contribution in [2.24, 2.45) is 10.9 Å². The molecule has 2 aliphatic rings. The Labute approximate surface area is 178 Å². The highest BCUT2D eigenvalue weighted by molar-refractivity contribution is 14.0. The van der Waals surface area contributed by atoms with Gasteiger partial charge < -0.3 is 20.7 Å². The summed E-state index contributed by atoms with van der Waals surface area (Å²) in [6.07, 6.45) is 5.74. The second-order valence-corrected chi connectivity index (χ2v) is 7.11. The van der Waals surface area contributed by atoms with Gasteiger partial charge in [0, 0.05) is 25.7 Å². The fourth-order valence-corrected chi connectivity index (χ4v) is 2.59. The number of benzene rings is 1. The molecule has 27 heavy (non-hydrogen) atoms. The van der Waals surface area contributed by atoms with Crippen molar-refractivity contribution in [3.05, 3.63) is 29.8 Å². The van der Waals surface area contributed by atoms with Gasteiger partial charge in [0.1, 0.15) is 5.75 Å². The first-order valence-electron chi connectivity index (χ1n) is 9.76. The van der Waals surface area contributed by atoms with Crippen molar-refractivity contribution < 1.29 is 9.53 Å². The monoisotopic (exact) mass is 486 g/mol. The molecule has 0 radical (unpaired) electrons. The summed E-state index contributed by atoms with van der Waals surface area (Å²) in [6, 6.07) is 8.31. The standard InChI is InChI=1S/C20H30N4O2.HI/c1-2-21-20(23-13-16-3-4-16)22-12-11-15-5-9-18(10-6-15)26-14-19(25)24-17-7-8-17;/h5-6,9-10,16-17H,2-4,7-8,11-14H2,1H3,(H,24,25)(H2,21,22,23);1H. The minimum absolute atomic E-state index is 0. The third kappa shape index (κ3) is 8.81. The van der Waals surface area contributed by atoms with E-state index in [-0.39, 0.29) is 36.5 Å². The van der Waals surface area contributed by atoms with Gasteiger partial charge in [-0.25, -0.2) is 0 Å². The van der Waals surface area contributed by atoms with Crippen LogP contribution in [0.25, 0.3) is 0 Å². The number of aliphatic imine (C=N–C) groups is 1. The molecule has 0 aliphatic heterocycles. The minimum atomic E-state index is -0.0396. The van der Waals surface area contributed by atoms with Crippen LogP contribution in [0.5, 0.6) is 5.75 Å². The van der Waals surface area contributed by atoms with E-state index >= 15 is 0 Å². The molecule has 6 nitrogen and oxygen atoms in total. The highest BCUT2D eigenvalue weighted by Crippen LogP contribution is 2.28. The molecule has 1 amide bonds. The van der Waals surface area contributed by atoms with Crippen molar-refractivity contribution in [3.8, 4) is 5.75 Å². The normalized spacial score (nSPS) is 16.3. The summed E-state index contributed by atoms with van der Waals surface area (Å²) in [7, 11) is 0. The van der Waals surface area contributed by atoms with E-state index in [0.29, 0.717) is 6.04 Å². The summed E-state index contributed by atoms with van der Waals surface area (Å²) in [5, 5.41) is 9.59. The lowest BCUT2D eigenvalue weighted by atomic mass is 10.1. The summed E-state index contributed by atoms with van der Waals surface area (Å²) in [5.41, 5.74) is 1.23. The predicted molar refractivity (Wildman–Crippen MR) is 119 cm³/mol. The number of hydrogen-bond acceptors (Lipinski definition) is 3. The highest BCUT2D eigenvalue weighted by Gasteiger charge is 2.23. The number of amides is 1. The molecule has 0 atom stereocenters. The maximum absolute atomic E-state index is 11.6. The zero-order valence-electron chi connectivity index (χ0n) is 16.0. The molecule has 0 heterocycles. The Kier molecular flexibility index (Phi) is 9.17. The molecule has 1 aromatic carbocycles. The first kappa shape index (κ1) is 21.8. The van der Waals surface area contributed by atoms with Gasteiger partial charge in [-0.05, 0) is 62.6 Å². The number of hydrogen-bond donors (Lipinski definition) is 3. The van der Waals surface area contributed by atoms with Crippen molar-refractivity contribution in [1.82, 2.24) is 16.0 Å². The maximum Gasteiger partial charge on any atom is 0.258 e. The SMILES string of the molecule is CCNC(=NCC1CC1)NCCc1ccc(OCC(=O)NC2CC2)cc1.I. The third-order valence-electron chi connectivity index (χ3n) is 4.49. The third-order valence-corrected chi connectivity index (χ3v) is 4.49. The van der Waals surface area contributed by atoms with Crippen LogP contribution in [0.1, 0.15) is 38.2 Å². The number of halogens is 1. The maximum atomic E-state index is 11.6. The average Bonchev–Trinajstić information content (AvgIpc) is 3.54. The van der Waals surface area contributed by atoms with E-state index < -0.39 is 0 Å². The van der Waals surface area contributed by atoms with E-state index in [2.05, 4.69) is 27.9 Å². The fraction of sp³-hybridized carbons (Fsp3) is 0.600. The number of carbonyl (C=O) groups excluding carboxylic acids is 1. The van der Waals surface area contributed by atoms with Crippen molar-refractivity contribution in [3.63, 3.8) is 0 Å². The summed E-state index contributed by atoms with van der Waals surface area (Å²) in [5.74, 6) is 2.39. The van der Waals surface area contributed by atoms with E-state index in [9.17, 15) is 4.79 Å². The summed E-state index contributed by atoms with van der Waals surface area (Å²) in [4.78, 5) is 16.3. The fourth-order valence-electron chi connectivity index (χ4n) is 2.59. The molecule has 0 bridgehead atoms. The summed E-state index contributed by atoms with van der Waals surface area (Å²) < 4.78 is 5.53. The van der Waals surface area contributed by atoms with Gasteiger partial charge in [-0.3, -0.25) is 9.79 Å². The number of ether oxygens (including phenoxy) is 1. The van der Waals surface area contributed by atoms with Crippen LogP contribution in [0.2, 0.25) is 0 Å². The Morgan fingerprint density at radius 3 is 2.52 bits per heavy atom. The van der Waals surface area contributed by atoms with Crippen LogP contribution in [-0.4, -0.2) is 44.1 Å². The van der Waals surface area contributed by atoms with Crippen LogP contribution in [0, 0.1) is 5.92 Å². The molecular weight excluding hydrogens is 455 g/mol. The van der Waals surface area contributed by atoms with E-state index in [4.69, 9.17) is 4.74 Å². The highest BCUT2D eigenvalue weighted by atomic mass is 127. The van der Waals surface area contributed by atoms with Crippen molar-refractivity contribution in [2.45, 2.75) is 45.1 Å². The second kappa shape index (κ2) is 11.4. The van der Waals surface area contributed by atoms with E-state index in [0.717, 1.165) is 56.5 Å². The lowest BCUT2D eigenvalue weighted by Crippen LogP contribution is -2.38. The molecule has 2 fully saturated rings. The van der Waals surface area contributed by atoms with Crippen LogP contribution in [0.15, 0.2) is 29.3 Å². The Balaban J connectivity index is 0.00000261. The smallest absolute Gasteiger partial charge is 0.258 e. The molecule has 2 saturated carbocycles. The second-order valence-electron chi connectivity index (χ2n) is 7.11. The number of guanidine groups is 1. The zero-order chi connectivity index (χ0) is 18.2. The molecular formula is C20H31IN4O2. The van der Waals surface area contributed by atoms with E-state index in [1.54, 1.807) is 0 Å². The minimum Gasteiger partial charge on any atom is -0.484 e.